The lowest BCUT2D eigenvalue weighted by molar-refractivity contribution is -0.145. The van der Waals surface area contributed by atoms with Gasteiger partial charge in [0, 0.05) is 39.0 Å². The molecule has 8 heteroatoms. The fourth-order valence-corrected chi connectivity index (χ4v) is 2.67. The lowest BCUT2D eigenvalue weighted by Crippen LogP contribution is -2.54. The summed E-state index contributed by atoms with van der Waals surface area (Å²) in [4.78, 5) is 49.7. The summed E-state index contributed by atoms with van der Waals surface area (Å²) in [5, 5.41) is 2.66. The van der Waals surface area contributed by atoms with Gasteiger partial charge in [-0.15, -0.1) is 0 Å². The quantitative estimate of drug-likeness (QED) is 0.664. The molecule has 3 amide bonds. The molecule has 2 aliphatic heterocycles. The van der Waals surface area contributed by atoms with Gasteiger partial charge in [-0.3, -0.25) is 19.2 Å². The Balaban J connectivity index is 1.75. The predicted molar refractivity (Wildman–Crippen MR) is 75.6 cm³/mol. The molecule has 0 aliphatic carbocycles. The van der Waals surface area contributed by atoms with Crippen molar-refractivity contribution in [2.24, 2.45) is 0 Å². The molecule has 2 fully saturated rings. The number of ether oxygens (including phenoxy) is 1. The molecule has 1 atom stereocenters. The maximum atomic E-state index is 12.2. The molecule has 8 nitrogen and oxygen atoms in total. The molecular weight excluding hydrogens is 290 g/mol. The van der Waals surface area contributed by atoms with Crippen LogP contribution < -0.4 is 5.32 Å². The van der Waals surface area contributed by atoms with Crippen LogP contribution in [-0.2, 0) is 23.9 Å². The summed E-state index contributed by atoms with van der Waals surface area (Å²) in [6.07, 6.45) is 1.13. The SMILES string of the molecule is COC(=O)CCC(=O)N1CCN(C(=O)C2CCC(=O)N2)CC1. The molecule has 2 heterocycles. The predicted octanol–water partition coefficient (Wildman–Crippen LogP) is -1.11. The first-order valence-electron chi connectivity index (χ1n) is 7.44. The molecule has 0 saturated carbocycles. The van der Waals surface area contributed by atoms with Crippen molar-refractivity contribution in [2.45, 2.75) is 31.7 Å². The zero-order chi connectivity index (χ0) is 16.1. The minimum atomic E-state index is -0.422. The Bertz CT molecular complexity index is 471. The molecular formula is C14H21N3O5. The number of rotatable bonds is 4. The Hall–Kier alpha value is -2.12. The Morgan fingerprint density at radius 1 is 1.14 bits per heavy atom. The number of nitrogens with zero attached hydrogens (tertiary/aromatic N) is 2. The zero-order valence-electron chi connectivity index (χ0n) is 12.7. The third kappa shape index (κ3) is 3.96. The van der Waals surface area contributed by atoms with Crippen molar-refractivity contribution in [3.8, 4) is 0 Å². The molecule has 0 aromatic carbocycles. The smallest absolute Gasteiger partial charge is 0.306 e. The fourth-order valence-electron chi connectivity index (χ4n) is 2.67. The van der Waals surface area contributed by atoms with E-state index in [1.807, 2.05) is 0 Å². The second-order valence-corrected chi connectivity index (χ2v) is 5.44. The lowest BCUT2D eigenvalue weighted by Gasteiger charge is -2.35. The molecule has 2 aliphatic rings. The van der Waals surface area contributed by atoms with Gasteiger partial charge >= 0.3 is 5.97 Å². The topological polar surface area (TPSA) is 96.0 Å². The van der Waals surface area contributed by atoms with Crippen LogP contribution in [0.25, 0.3) is 0 Å². The van der Waals surface area contributed by atoms with Crippen molar-refractivity contribution in [3.63, 3.8) is 0 Å². The number of hydrogen-bond acceptors (Lipinski definition) is 5. The molecule has 0 spiro atoms. The van der Waals surface area contributed by atoms with E-state index in [0.29, 0.717) is 39.0 Å². The highest BCUT2D eigenvalue weighted by molar-refractivity contribution is 5.91. The van der Waals surface area contributed by atoms with Gasteiger partial charge in [-0.1, -0.05) is 0 Å². The molecule has 2 rings (SSSR count). The summed E-state index contributed by atoms with van der Waals surface area (Å²) in [6, 6.07) is -0.422. The molecule has 0 aromatic rings. The lowest BCUT2D eigenvalue weighted by atomic mass is 10.1. The van der Waals surface area contributed by atoms with Gasteiger partial charge in [0.2, 0.25) is 17.7 Å². The highest BCUT2D eigenvalue weighted by atomic mass is 16.5. The molecule has 1 unspecified atom stereocenters. The molecule has 0 radical (unpaired) electrons. The molecule has 122 valence electrons. The van der Waals surface area contributed by atoms with Crippen molar-refractivity contribution in [2.75, 3.05) is 33.3 Å². The standard InChI is InChI=1S/C14H21N3O5/c1-22-13(20)5-4-12(19)16-6-8-17(9-7-16)14(21)10-2-3-11(18)15-10/h10H,2-9H2,1H3,(H,15,18). The Labute approximate surface area is 128 Å². The number of nitrogens with one attached hydrogen (secondary N) is 1. The third-order valence-electron chi connectivity index (χ3n) is 4.01. The van der Waals surface area contributed by atoms with E-state index in [0.717, 1.165) is 0 Å². The number of hydrogen-bond donors (Lipinski definition) is 1. The van der Waals surface area contributed by atoms with Crippen LogP contribution >= 0.6 is 0 Å². The molecule has 0 aromatic heterocycles. The van der Waals surface area contributed by atoms with E-state index >= 15 is 0 Å². The highest BCUT2D eigenvalue weighted by Gasteiger charge is 2.32. The van der Waals surface area contributed by atoms with E-state index in [2.05, 4.69) is 10.1 Å². The van der Waals surface area contributed by atoms with Gasteiger partial charge in [0.15, 0.2) is 0 Å². The average Bonchev–Trinajstić information content (AvgIpc) is 2.98. The molecule has 2 saturated heterocycles. The number of methoxy groups -OCH3 is 1. The summed E-state index contributed by atoms with van der Waals surface area (Å²) < 4.78 is 4.51. The van der Waals surface area contributed by atoms with Crippen LogP contribution in [0.2, 0.25) is 0 Å². The number of carbonyl (C=O) groups excluding carboxylic acids is 4. The fraction of sp³-hybridized carbons (Fsp3) is 0.714. The van der Waals surface area contributed by atoms with E-state index in [-0.39, 0.29) is 30.6 Å². The van der Waals surface area contributed by atoms with Gasteiger partial charge in [0.1, 0.15) is 6.04 Å². The first-order valence-corrected chi connectivity index (χ1v) is 7.44. The molecule has 1 N–H and O–H groups in total. The summed E-state index contributed by atoms with van der Waals surface area (Å²) in [5.74, 6) is -0.673. The summed E-state index contributed by atoms with van der Waals surface area (Å²) in [7, 11) is 1.29. The second-order valence-electron chi connectivity index (χ2n) is 5.44. The van der Waals surface area contributed by atoms with Crippen molar-refractivity contribution in [1.29, 1.82) is 0 Å². The van der Waals surface area contributed by atoms with E-state index in [9.17, 15) is 19.2 Å². The number of amides is 3. The summed E-state index contributed by atoms with van der Waals surface area (Å²) >= 11 is 0. The largest absolute Gasteiger partial charge is 0.469 e. The molecule has 0 bridgehead atoms. The maximum absolute atomic E-state index is 12.2. The second kappa shape index (κ2) is 7.24. The Morgan fingerprint density at radius 2 is 1.77 bits per heavy atom. The summed E-state index contributed by atoms with van der Waals surface area (Å²) in [6.45, 7) is 1.81. The van der Waals surface area contributed by atoms with Crippen LogP contribution in [0.3, 0.4) is 0 Å². The van der Waals surface area contributed by atoms with Crippen molar-refractivity contribution in [1.82, 2.24) is 15.1 Å². The normalized spacial score (nSPS) is 21.5. The van der Waals surface area contributed by atoms with E-state index < -0.39 is 12.0 Å². The monoisotopic (exact) mass is 311 g/mol. The van der Waals surface area contributed by atoms with E-state index in [1.54, 1.807) is 9.80 Å². The minimum absolute atomic E-state index is 0.0720. The van der Waals surface area contributed by atoms with Crippen LogP contribution in [0, 0.1) is 0 Å². The van der Waals surface area contributed by atoms with Gasteiger partial charge in [-0.2, -0.15) is 0 Å². The van der Waals surface area contributed by atoms with Crippen LogP contribution in [0.5, 0.6) is 0 Å². The highest BCUT2D eigenvalue weighted by Crippen LogP contribution is 2.12. The summed E-state index contributed by atoms with van der Waals surface area (Å²) in [5.41, 5.74) is 0. The average molecular weight is 311 g/mol. The third-order valence-corrected chi connectivity index (χ3v) is 4.01. The maximum Gasteiger partial charge on any atom is 0.306 e. The Kier molecular flexibility index (Phi) is 5.35. The first kappa shape index (κ1) is 16.3. The number of carbonyl (C=O) groups is 4. The van der Waals surface area contributed by atoms with Gasteiger partial charge in [-0.05, 0) is 6.42 Å². The van der Waals surface area contributed by atoms with Gasteiger partial charge < -0.3 is 19.9 Å². The first-order chi connectivity index (χ1) is 10.5. The van der Waals surface area contributed by atoms with Gasteiger partial charge in [-0.25, -0.2) is 0 Å². The minimum Gasteiger partial charge on any atom is -0.469 e. The Morgan fingerprint density at radius 3 is 2.32 bits per heavy atom. The molecule has 22 heavy (non-hydrogen) atoms. The zero-order valence-corrected chi connectivity index (χ0v) is 12.7. The number of piperazine rings is 1. The van der Waals surface area contributed by atoms with Crippen molar-refractivity contribution in [3.05, 3.63) is 0 Å². The van der Waals surface area contributed by atoms with E-state index in [1.165, 1.54) is 7.11 Å². The number of esters is 1. The van der Waals surface area contributed by atoms with Crippen LogP contribution in [0.4, 0.5) is 0 Å². The van der Waals surface area contributed by atoms with E-state index in [4.69, 9.17) is 0 Å². The van der Waals surface area contributed by atoms with Crippen LogP contribution in [-0.4, -0.2) is 72.8 Å². The van der Waals surface area contributed by atoms with Crippen molar-refractivity contribution >= 4 is 23.7 Å². The van der Waals surface area contributed by atoms with Crippen molar-refractivity contribution < 1.29 is 23.9 Å². The van der Waals surface area contributed by atoms with Gasteiger partial charge in [0.05, 0.1) is 13.5 Å². The van der Waals surface area contributed by atoms with Crippen LogP contribution in [0.1, 0.15) is 25.7 Å². The van der Waals surface area contributed by atoms with Gasteiger partial charge in [0.25, 0.3) is 0 Å². The van der Waals surface area contributed by atoms with Crippen LogP contribution in [0.15, 0.2) is 0 Å².